The Bertz CT molecular complexity index is 219. The summed E-state index contributed by atoms with van der Waals surface area (Å²) in [5.41, 5.74) is -3.18. The number of hydrogen-bond acceptors (Lipinski definition) is 5. The standard InChI is InChI=1S/C9H16O5/c1-5-13-7(11)9(4,12)8(2,3)14-6-10/h6,12H,5H2,1-4H3/t9-/m1/s1. The van der Waals surface area contributed by atoms with E-state index in [0.29, 0.717) is 0 Å². The van der Waals surface area contributed by atoms with Gasteiger partial charge in [-0.25, -0.2) is 4.79 Å². The van der Waals surface area contributed by atoms with Gasteiger partial charge in [0.2, 0.25) is 0 Å². The predicted octanol–water partition coefficient (Wildman–Crippen LogP) is 0.252. The Balaban J connectivity index is 4.73. The van der Waals surface area contributed by atoms with Crippen LogP contribution in [0.5, 0.6) is 0 Å². The van der Waals surface area contributed by atoms with Gasteiger partial charge < -0.3 is 14.6 Å². The average molecular weight is 204 g/mol. The van der Waals surface area contributed by atoms with E-state index in [4.69, 9.17) is 0 Å². The lowest BCUT2D eigenvalue weighted by atomic mass is 9.87. The Morgan fingerprint density at radius 3 is 2.29 bits per heavy atom. The van der Waals surface area contributed by atoms with Crippen molar-refractivity contribution in [2.75, 3.05) is 6.61 Å². The molecule has 0 rings (SSSR count). The van der Waals surface area contributed by atoms with E-state index in [1.54, 1.807) is 6.92 Å². The molecule has 0 aromatic rings. The monoisotopic (exact) mass is 204 g/mol. The summed E-state index contributed by atoms with van der Waals surface area (Å²) in [7, 11) is 0. The molecule has 0 unspecified atom stereocenters. The molecular formula is C9H16O5. The van der Waals surface area contributed by atoms with E-state index in [9.17, 15) is 14.7 Å². The normalized spacial score (nSPS) is 15.5. The van der Waals surface area contributed by atoms with E-state index in [2.05, 4.69) is 9.47 Å². The van der Waals surface area contributed by atoms with Gasteiger partial charge in [-0.2, -0.15) is 0 Å². The second-order valence-corrected chi connectivity index (χ2v) is 3.52. The second kappa shape index (κ2) is 4.41. The number of rotatable bonds is 5. The zero-order valence-corrected chi connectivity index (χ0v) is 8.86. The van der Waals surface area contributed by atoms with Crippen LogP contribution in [0.15, 0.2) is 0 Å². The number of esters is 1. The lowest BCUT2D eigenvalue weighted by Gasteiger charge is -2.35. The van der Waals surface area contributed by atoms with Gasteiger partial charge >= 0.3 is 5.97 Å². The average Bonchev–Trinajstić information content (AvgIpc) is 2.04. The zero-order valence-electron chi connectivity index (χ0n) is 8.86. The first kappa shape index (κ1) is 12.9. The van der Waals surface area contributed by atoms with Crippen molar-refractivity contribution in [2.45, 2.75) is 38.9 Å². The van der Waals surface area contributed by atoms with Gasteiger partial charge in [-0.3, -0.25) is 4.79 Å². The first-order valence-electron chi connectivity index (χ1n) is 4.30. The fourth-order valence-corrected chi connectivity index (χ4v) is 0.752. The van der Waals surface area contributed by atoms with Gasteiger partial charge in [0.15, 0.2) is 5.60 Å². The van der Waals surface area contributed by atoms with E-state index in [1.165, 1.54) is 20.8 Å². The van der Waals surface area contributed by atoms with Crippen LogP contribution in [0.3, 0.4) is 0 Å². The Hall–Kier alpha value is -1.10. The van der Waals surface area contributed by atoms with E-state index in [-0.39, 0.29) is 13.1 Å². The molecule has 0 aliphatic heterocycles. The van der Waals surface area contributed by atoms with Gasteiger partial charge in [-0.15, -0.1) is 0 Å². The largest absolute Gasteiger partial charge is 0.464 e. The highest BCUT2D eigenvalue weighted by atomic mass is 16.6. The lowest BCUT2D eigenvalue weighted by molar-refractivity contribution is -0.195. The van der Waals surface area contributed by atoms with Crippen molar-refractivity contribution < 1.29 is 24.2 Å². The minimum Gasteiger partial charge on any atom is -0.464 e. The van der Waals surface area contributed by atoms with E-state index < -0.39 is 17.2 Å². The van der Waals surface area contributed by atoms with Crippen LogP contribution in [0, 0.1) is 0 Å². The molecule has 0 aliphatic carbocycles. The number of carbonyl (C=O) groups is 2. The second-order valence-electron chi connectivity index (χ2n) is 3.52. The van der Waals surface area contributed by atoms with Crippen molar-refractivity contribution in [1.29, 1.82) is 0 Å². The van der Waals surface area contributed by atoms with Crippen LogP contribution < -0.4 is 0 Å². The molecular weight excluding hydrogens is 188 g/mol. The van der Waals surface area contributed by atoms with Crippen molar-refractivity contribution in [3.8, 4) is 0 Å². The van der Waals surface area contributed by atoms with Crippen molar-refractivity contribution in [2.24, 2.45) is 0 Å². The Labute approximate surface area is 83.0 Å². The molecule has 0 saturated heterocycles. The van der Waals surface area contributed by atoms with Crippen molar-refractivity contribution >= 4 is 12.4 Å². The smallest absolute Gasteiger partial charge is 0.342 e. The molecule has 0 bridgehead atoms. The molecule has 0 spiro atoms. The van der Waals surface area contributed by atoms with Gasteiger partial charge in [-0.05, 0) is 27.7 Å². The number of ether oxygens (including phenoxy) is 2. The number of carbonyl (C=O) groups excluding carboxylic acids is 2. The first-order valence-corrected chi connectivity index (χ1v) is 4.30. The third-order valence-electron chi connectivity index (χ3n) is 2.19. The van der Waals surface area contributed by atoms with Crippen LogP contribution in [0.4, 0.5) is 0 Å². The summed E-state index contributed by atoms with van der Waals surface area (Å²) in [5, 5.41) is 9.81. The maximum atomic E-state index is 11.3. The minimum atomic E-state index is -1.86. The van der Waals surface area contributed by atoms with Crippen LogP contribution in [-0.2, 0) is 19.1 Å². The summed E-state index contributed by atoms with van der Waals surface area (Å²) in [6.45, 7) is 6.08. The van der Waals surface area contributed by atoms with Crippen LogP contribution >= 0.6 is 0 Å². The van der Waals surface area contributed by atoms with Crippen LogP contribution in [-0.4, -0.2) is 35.4 Å². The highest BCUT2D eigenvalue weighted by molar-refractivity contribution is 5.80. The number of aliphatic hydroxyl groups is 1. The molecule has 5 nitrogen and oxygen atoms in total. The number of hydrogen-bond donors (Lipinski definition) is 1. The van der Waals surface area contributed by atoms with Crippen LogP contribution in [0.1, 0.15) is 27.7 Å². The molecule has 0 radical (unpaired) electrons. The van der Waals surface area contributed by atoms with E-state index in [0.717, 1.165) is 0 Å². The van der Waals surface area contributed by atoms with Gasteiger partial charge in [-0.1, -0.05) is 0 Å². The van der Waals surface area contributed by atoms with Crippen LogP contribution in [0.2, 0.25) is 0 Å². The fraction of sp³-hybridized carbons (Fsp3) is 0.778. The van der Waals surface area contributed by atoms with Gasteiger partial charge in [0.25, 0.3) is 6.47 Å². The Morgan fingerprint density at radius 1 is 1.43 bits per heavy atom. The quantitative estimate of drug-likeness (QED) is 0.513. The summed E-state index contributed by atoms with van der Waals surface area (Å²) in [6.07, 6.45) is 0. The first-order chi connectivity index (χ1) is 6.29. The Morgan fingerprint density at radius 2 is 1.93 bits per heavy atom. The predicted molar refractivity (Wildman–Crippen MR) is 48.5 cm³/mol. The van der Waals surface area contributed by atoms with Crippen LogP contribution in [0.25, 0.3) is 0 Å². The molecule has 1 N–H and O–H groups in total. The lowest BCUT2D eigenvalue weighted by Crippen LogP contribution is -2.55. The Kier molecular flexibility index (Phi) is 4.07. The van der Waals surface area contributed by atoms with Gasteiger partial charge in [0.1, 0.15) is 5.60 Å². The third kappa shape index (κ3) is 2.45. The van der Waals surface area contributed by atoms with E-state index >= 15 is 0 Å². The molecule has 14 heavy (non-hydrogen) atoms. The van der Waals surface area contributed by atoms with Crippen molar-refractivity contribution in [1.82, 2.24) is 0 Å². The zero-order chi connectivity index (χ0) is 11.4. The molecule has 0 saturated carbocycles. The molecule has 82 valence electrons. The molecule has 0 fully saturated rings. The van der Waals surface area contributed by atoms with Gasteiger partial charge in [0, 0.05) is 0 Å². The summed E-state index contributed by atoms with van der Waals surface area (Å²) in [6, 6.07) is 0. The van der Waals surface area contributed by atoms with Crippen molar-refractivity contribution in [3.63, 3.8) is 0 Å². The minimum absolute atomic E-state index is 0.159. The van der Waals surface area contributed by atoms with Crippen molar-refractivity contribution in [3.05, 3.63) is 0 Å². The molecule has 0 aromatic carbocycles. The molecule has 0 aromatic heterocycles. The highest BCUT2D eigenvalue weighted by Crippen LogP contribution is 2.26. The maximum Gasteiger partial charge on any atom is 0.342 e. The molecule has 0 aliphatic rings. The molecule has 0 heterocycles. The van der Waals surface area contributed by atoms with E-state index in [1.807, 2.05) is 0 Å². The van der Waals surface area contributed by atoms with Gasteiger partial charge in [0.05, 0.1) is 6.61 Å². The summed E-state index contributed by atoms with van der Waals surface area (Å²) >= 11 is 0. The highest BCUT2D eigenvalue weighted by Gasteiger charge is 2.49. The molecule has 1 atom stereocenters. The summed E-state index contributed by atoms with van der Waals surface area (Å²) < 4.78 is 9.28. The third-order valence-corrected chi connectivity index (χ3v) is 2.19. The summed E-state index contributed by atoms with van der Waals surface area (Å²) in [5.74, 6) is -0.813. The molecule has 0 amide bonds. The fourth-order valence-electron chi connectivity index (χ4n) is 0.752. The summed E-state index contributed by atoms with van der Waals surface area (Å²) in [4.78, 5) is 21.5. The SMILES string of the molecule is CCOC(=O)[C@@](C)(O)C(C)(C)OC=O. The topological polar surface area (TPSA) is 72.8 Å². The molecule has 5 heteroatoms. The maximum absolute atomic E-state index is 11.3.